The maximum atomic E-state index is 10.6. The van der Waals surface area contributed by atoms with Gasteiger partial charge >= 0.3 is 0 Å². The molecule has 0 radical (unpaired) electrons. The van der Waals surface area contributed by atoms with Crippen LogP contribution < -0.4 is 26.3 Å². The summed E-state index contributed by atoms with van der Waals surface area (Å²) in [4.78, 5) is 7.75. The van der Waals surface area contributed by atoms with Crippen molar-refractivity contribution in [3.05, 3.63) is 130 Å². The molecule has 0 N–H and O–H groups in total. The Balaban J connectivity index is 1.75. The number of benzene rings is 5. The van der Waals surface area contributed by atoms with Gasteiger partial charge < -0.3 is 9.32 Å². The molecule has 6 aromatic rings. The average molecular weight is 840 g/mol. The molecule has 0 spiro atoms. The molecule has 322 valence electrons. The van der Waals surface area contributed by atoms with E-state index in [4.69, 9.17) is 9.40 Å². The largest absolute Gasteiger partial charge is 0.420 e. The van der Waals surface area contributed by atoms with Crippen LogP contribution in [-0.4, -0.2) is 11.7 Å². The summed E-state index contributed by atoms with van der Waals surface area (Å²) in [7, 11) is 0. The Bertz CT molecular complexity index is 3520. The van der Waals surface area contributed by atoms with E-state index in [1.807, 2.05) is 41.5 Å². The van der Waals surface area contributed by atoms with Gasteiger partial charge in [0.25, 0.3) is 6.71 Å². The fourth-order valence-corrected chi connectivity index (χ4v) is 7.44. The second kappa shape index (κ2) is 14.2. The zero-order valence-electron chi connectivity index (χ0n) is 55.8. The van der Waals surface area contributed by atoms with Crippen molar-refractivity contribution in [2.75, 3.05) is 9.80 Å². The van der Waals surface area contributed by atoms with Gasteiger partial charge in [-0.15, -0.1) is 0 Å². The zero-order valence-corrected chi connectivity index (χ0v) is 39.8. The van der Waals surface area contributed by atoms with E-state index in [1.165, 1.54) is 9.80 Å². The number of fused-ring (bicyclic) bond motifs is 4. The standard InChI is InChI=1S/C57H70BN3O/c1-52(2,3)36-21-19-35(20-22-36)50-59-49-51(62-50)61(43-30-39(55(10,11)12)29-40(31-43)56(13,14)15)47-34-41(57(16,17)18)33-46-48(47)58(49)44-32-38(54(7,8)9)25-28-45(44)60(46)42-26-23-37(24-27-42)53(4,5)6/h19-34H,1-18H3/i19D,20D,21D,22D,23D,24D,25D,26D,27D,28D,29D,30D,31D,32D,33D,34D. The molecule has 5 heteroatoms. The maximum Gasteiger partial charge on any atom is 0.279 e. The maximum absolute atomic E-state index is 10.6. The van der Waals surface area contributed by atoms with E-state index < -0.39 is 93.1 Å². The number of hydrogen-bond acceptors (Lipinski definition) is 4. The molecule has 0 bridgehead atoms. The van der Waals surface area contributed by atoms with Crippen LogP contribution in [0.1, 0.15) is 180 Å². The minimum absolute atomic E-state index is 0.0195. The molecule has 2 aliphatic rings. The first-order valence-corrected chi connectivity index (χ1v) is 21.6. The van der Waals surface area contributed by atoms with Gasteiger partial charge in [0, 0.05) is 34.0 Å². The number of rotatable bonds is 3. The molecule has 0 unspecified atom stereocenters. The molecule has 2 aliphatic heterocycles. The Morgan fingerprint density at radius 1 is 0.435 bits per heavy atom. The third-order valence-corrected chi connectivity index (χ3v) is 11.3. The van der Waals surface area contributed by atoms with E-state index >= 15 is 0 Å². The summed E-state index contributed by atoms with van der Waals surface area (Å²) < 4.78 is 165. The number of oxazole rings is 1. The van der Waals surface area contributed by atoms with Crippen molar-refractivity contribution in [2.24, 2.45) is 0 Å². The first kappa shape index (κ1) is 27.9. The van der Waals surface area contributed by atoms with Gasteiger partial charge in [0.1, 0.15) is 0 Å². The van der Waals surface area contributed by atoms with Crippen LogP contribution in [0.15, 0.2) is 101 Å². The fraction of sp³-hybridized carbons (Fsp3) is 0.421. The fourth-order valence-electron chi connectivity index (χ4n) is 7.44. The van der Waals surface area contributed by atoms with Gasteiger partial charge in [-0.2, -0.15) is 0 Å². The third-order valence-electron chi connectivity index (χ3n) is 11.3. The van der Waals surface area contributed by atoms with Crippen LogP contribution in [0.25, 0.3) is 11.5 Å². The lowest BCUT2D eigenvalue weighted by atomic mass is 9.35. The van der Waals surface area contributed by atoms with E-state index in [9.17, 15) is 21.9 Å². The summed E-state index contributed by atoms with van der Waals surface area (Å²) in [6.07, 6.45) is 0. The first-order valence-electron chi connectivity index (χ1n) is 29.6. The summed E-state index contributed by atoms with van der Waals surface area (Å²) in [5.41, 5.74) is -6.23. The number of nitrogens with zero attached hydrogens (tertiary/aromatic N) is 3. The summed E-state index contributed by atoms with van der Waals surface area (Å²) in [6.45, 7) is 30.9. The molecule has 0 amide bonds. The predicted octanol–water partition coefficient (Wildman–Crippen LogP) is 14.2. The van der Waals surface area contributed by atoms with Crippen LogP contribution in [0, 0.1) is 0 Å². The highest BCUT2D eigenvalue weighted by Crippen LogP contribution is 2.48. The first-order chi connectivity index (χ1) is 35.3. The van der Waals surface area contributed by atoms with Gasteiger partial charge in [0.15, 0.2) is 0 Å². The lowest BCUT2D eigenvalue weighted by molar-refractivity contribution is 0.566. The molecule has 0 saturated carbocycles. The van der Waals surface area contributed by atoms with Crippen LogP contribution in [0.4, 0.5) is 34.3 Å². The molecular weight excluding hydrogens is 753 g/mol. The molecule has 5 aromatic carbocycles. The van der Waals surface area contributed by atoms with Crippen molar-refractivity contribution in [1.82, 2.24) is 4.98 Å². The smallest absolute Gasteiger partial charge is 0.279 e. The van der Waals surface area contributed by atoms with Crippen molar-refractivity contribution in [1.29, 1.82) is 0 Å². The lowest BCUT2D eigenvalue weighted by Crippen LogP contribution is -2.62. The number of aromatic nitrogens is 1. The Morgan fingerprint density at radius 2 is 0.871 bits per heavy atom. The van der Waals surface area contributed by atoms with Crippen molar-refractivity contribution >= 4 is 57.6 Å². The van der Waals surface area contributed by atoms with E-state index in [1.54, 1.807) is 83.1 Å². The van der Waals surface area contributed by atoms with Crippen molar-refractivity contribution < 1.29 is 26.3 Å². The Morgan fingerprint density at radius 3 is 1.35 bits per heavy atom. The summed E-state index contributed by atoms with van der Waals surface area (Å²) >= 11 is 0. The highest BCUT2D eigenvalue weighted by Gasteiger charge is 2.48. The average Bonchev–Trinajstić information content (AvgIpc) is 3.77. The van der Waals surface area contributed by atoms with Gasteiger partial charge in [-0.1, -0.05) is 167 Å². The highest BCUT2D eigenvalue weighted by molar-refractivity contribution is 6.99. The van der Waals surface area contributed by atoms with E-state index in [0.29, 0.717) is 0 Å². The van der Waals surface area contributed by atoms with E-state index in [0.717, 1.165) is 0 Å². The van der Waals surface area contributed by atoms with E-state index in [-0.39, 0.29) is 138 Å². The highest BCUT2D eigenvalue weighted by atomic mass is 16.4. The molecule has 1 aromatic heterocycles. The summed E-state index contributed by atoms with van der Waals surface area (Å²) in [6, 6.07) is -5.93. The summed E-state index contributed by atoms with van der Waals surface area (Å²) in [5.74, 6) is -0.688. The lowest BCUT2D eigenvalue weighted by Gasteiger charge is -2.43. The van der Waals surface area contributed by atoms with Gasteiger partial charge in [-0.05, 0) is 131 Å². The molecule has 62 heavy (non-hydrogen) atoms. The Labute approximate surface area is 396 Å². The number of anilines is 6. The monoisotopic (exact) mass is 840 g/mol. The SMILES string of the molecule is [2H]c1c([2H])c(C(C)(C)C)c([2H])c([2H])c1-c1nc2c(o1)N(c1c([2H])c(C(C)(C)C)c([2H])c(C(C)(C)C)c1[2H])c1c([2H])c(C(C)(C)C)c([2H])c3c1B2c1c([2H])c(C(C)(C)C)c([2H])c([2H])c1N3c1c([2H])c([2H])c(C(C)(C)C)c([2H])c1[2H]. The Kier molecular flexibility index (Phi) is 6.41. The quantitative estimate of drug-likeness (QED) is 0.166. The number of hydrogen-bond donors (Lipinski definition) is 0. The van der Waals surface area contributed by atoms with Gasteiger partial charge in [-0.3, -0.25) is 4.90 Å². The molecule has 0 saturated heterocycles. The van der Waals surface area contributed by atoms with Crippen LogP contribution >= 0.6 is 0 Å². The van der Waals surface area contributed by atoms with Gasteiger partial charge in [0.2, 0.25) is 11.8 Å². The minimum atomic E-state index is -1.46. The Hall–Kier alpha value is -5.03. The molecule has 0 fully saturated rings. The summed E-state index contributed by atoms with van der Waals surface area (Å²) in [5, 5.41) is 0. The molecular formula is C57H70BN3O. The zero-order chi connectivity index (χ0) is 59.2. The predicted molar refractivity (Wildman–Crippen MR) is 268 cm³/mol. The normalized spacial score (nSPS) is 18.1. The molecule has 0 aliphatic carbocycles. The van der Waals surface area contributed by atoms with Crippen molar-refractivity contribution in [3.63, 3.8) is 0 Å². The van der Waals surface area contributed by atoms with Crippen molar-refractivity contribution in [2.45, 2.75) is 157 Å². The van der Waals surface area contributed by atoms with Crippen molar-refractivity contribution in [3.8, 4) is 11.5 Å². The van der Waals surface area contributed by atoms with Crippen LogP contribution in [0.3, 0.4) is 0 Å². The molecule has 8 rings (SSSR count). The molecule has 3 heterocycles. The topological polar surface area (TPSA) is 32.5 Å². The van der Waals surface area contributed by atoms with Crippen LogP contribution in [0.2, 0.25) is 0 Å². The second-order valence-electron chi connectivity index (χ2n) is 23.0. The van der Waals surface area contributed by atoms with E-state index in [2.05, 4.69) is 0 Å². The minimum Gasteiger partial charge on any atom is -0.420 e. The molecule has 4 nitrogen and oxygen atoms in total. The second-order valence-corrected chi connectivity index (χ2v) is 23.0. The van der Waals surface area contributed by atoms with Gasteiger partial charge in [-0.25, -0.2) is 4.98 Å². The third kappa shape index (κ3) is 7.73. The molecule has 0 atom stereocenters. The van der Waals surface area contributed by atoms with Crippen LogP contribution in [-0.2, 0) is 32.5 Å². The van der Waals surface area contributed by atoms with Gasteiger partial charge in [0.05, 0.1) is 27.5 Å². The van der Waals surface area contributed by atoms with Crippen LogP contribution in [0.5, 0.6) is 0 Å².